The van der Waals surface area contributed by atoms with Crippen molar-refractivity contribution in [2.24, 2.45) is 0 Å². The number of nitrogens with zero attached hydrogens (tertiary/aromatic N) is 2. The molecule has 3 aliphatic rings. The Bertz CT molecular complexity index is 727. The normalized spacial score (nSPS) is 28.2. The summed E-state index contributed by atoms with van der Waals surface area (Å²) in [5, 5.41) is 9.94. The molecule has 160 valence electrons. The molecule has 0 bridgehead atoms. The van der Waals surface area contributed by atoms with E-state index in [9.17, 15) is 9.90 Å². The molecular formula is C22H32N2O5. The Morgan fingerprint density at radius 1 is 1.34 bits per heavy atom. The molecule has 1 N–H and O–H groups in total. The maximum absolute atomic E-state index is 11.9. The molecule has 3 heterocycles. The van der Waals surface area contributed by atoms with Crippen LogP contribution >= 0.6 is 0 Å². The smallest absolute Gasteiger partial charge is 0.222 e. The number of hydrogen-bond donors (Lipinski definition) is 1. The van der Waals surface area contributed by atoms with E-state index in [4.69, 9.17) is 14.2 Å². The molecule has 1 spiro atoms. The topological polar surface area (TPSA) is 71.5 Å². The molecule has 3 aliphatic heterocycles. The average Bonchev–Trinajstić information content (AvgIpc) is 3.22. The lowest BCUT2D eigenvalue weighted by atomic mass is 9.99. The van der Waals surface area contributed by atoms with Gasteiger partial charge in [0.25, 0.3) is 0 Å². The van der Waals surface area contributed by atoms with Crippen molar-refractivity contribution >= 4 is 5.91 Å². The fraction of sp³-hybridized carbons (Fsp3) is 0.682. The van der Waals surface area contributed by atoms with Gasteiger partial charge in [-0.1, -0.05) is 6.07 Å². The van der Waals surface area contributed by atoms with Crippen LogP contribution in [0.15, 0.2) is 18.2 Å². The minimum Gasteiger partial charge on any atom is -0.504 e. The second-order valence-corrected chi connectivity index (χ2v) is 8.40. The summed E-state index contributed by atoms with van der Waals surface area (Å²) in [4.78, 5) is 16.3. The standard InChI is InChI=1S/C22H32N2O5/c1-2-28-20-12-17(5-6-19(20)25)13-23-10-11-27-16-22(15-23)8-7-18(29-22)14-24-9-3-4-21(24)26/h5-6,12,18,25H,2-4,7-11,13-16H2,1H3/t18-,22-/m1/s1. The number of aromatic hydroxyl groups is 1. The van der Waals surface area contributed by atoms with Gasteiger partial charge in [-0.3, -0.25) is 9.69 Å². The zero-order chi connectivity index (χ0) is 20.3. The number of hydrogen-bond acceptors (Lipinski definition) is 6. The van der Waals surface area contributed by atoms with E-state index in [1.165, 1.54) is 0 Å². The van der Waals surface area contributed by atoms with Crippen LogP contribution in [0, 0.1) is 0 Å². The van der Waals surface area contributed by atoms with Crippen molar-refractivity contribution in [1.82, 2.24) is 9.80 Å². The molecular weight excluding hydrogens is 372 g/mol. The van der Waals surface area contributed by atoms with Gasteiger partial charge in [-0.25, -0.2) is 0 Å². The second kappa shape index (κ2) is 8.90. The van der Waals surface area contributed by atoms with Crippen molar-refractivity contribution in [2.75, 3.05) is 46.0 Å². The third-order valence-corrected chi connectivity index (χ3v) is 6.09. The molecule has 7 heteroatoms. The van der Waals surface area contributed by atoms with Crippen molar-refractivity contribution < 1.29 is 24.1 Å². The molecule has 3 saturated heterocycles. The highest BCUT2D eigenvalue weighted by Crippen LogP contribution is 2.35. The summed E-state index contributed by atoms with van der Waals surface area (Å²) in [6.45, 7) is 7.67. The van der Waals surface area contributed by atoms with Gasteiger partial charge in [0, 0.05) is 39.1 Å². The maximum Gasteiger partial charge on any atom is 0.222 e. The number of likely N-dealkylation sites (tertiary alicyclic amines) is 1. The molecule has 1 aromatic rings. The summed E-state index contributed by atoms with van der Waals surface area (Å²) < 4.78 is 17.9. The molecule has 4 rings (SSSR count). The van der Waals surface area contributed by atoms with Crippen molar-refractivity contribution in [2.45, 2.75) is 50.9 Å². The van der Waals surface area contributed by atoms with E-state index in [1.54, 1.807) is 6.07 Å². The van der Waals surface area contributed by atoms with Crippen LogP contribution in [0.4, 0.5) is 0 Å². The van der Waals surface area contributed by atoms with Gasteiger partial charge in [0.2, 0.25) is 5.91 Å². The maximum atomic E-state index is 11.9. The molecule has 1 amide bonds. The molecule has 29 heavy (non-hydrogen) atoms. The molecule has 0 aliphatic carbocycles. The van der Waals surface area contributed by atoms with E-state index in [0.717, 1.165) is 51.0 Å². The van der Waals surface area contributed by atoms with Crippen molar-refractivity contribution in [3.63, 3.8) is 0 Å². The number of amides is 1. The summed E-state index contributed by atoms with van der Waals surface area (Å²) >= 11 is 0. The number of rotatable bonds is 6. The molecule has 0 saturated carbocycles. The first-order chi connectivity index (χ1) is 14.1. The van der Waals surface area contributed by atoms with Gasteiger partial charge in [0.05, 0.1) is 25.9 Å². The van der Waals surface area contributed by atoms with Crippen LogP contribution in [-0.4, -0.2) is 78.5 Å². The lowest BCUT2D eigenvalue weighted by Gasteiger charge is -2.32. The summed E-state index contributed by atoms with van der Waals surface area (Å²) in [6.07, 6.45) is 3.65. The van der Waals surface area contributed by atoms with Crippen LogP contribution in [0.5, 0.6) is 11.5 Å². The quantitative estimate of drug-likeness (QED) is 0.784. The number of phenols is 1. The van der Waals surface area contributed by atoms with Crippen molar-refractivity contribution in [3.8, 4) is 11.5 Å². The van der Waals surface area contributed by atoms with Crippen LogP contribution in [0.3, 0.4) is 0 Å². The first-order valence-corrected chi connectivity index (χ1v) is 10.8. The highest BCUT2D eigenvalue weighted by molar-refractivity contribution is 5.78. The highest BCUT2D eigenvalue weighted by atomic mass is 16.6. The van der Waals surface area contributed by atoms with E-state index in [2.05, 4.69) is 4.90 Å². The summed E-state index contributed by atoms with van der Waals surface area (Å²) in [5.74, 6) is 0.952. The van der Waals surface area contributed by atoms with Gasteiger partial charge in [-0.15, -0.1) is 0 Å². The molecule has 2 atom stereocenters. The van der Waals surface area contributed by atoms with Gasteiger partial charge < -0.3 is 24.2 Å². The third kappa shape index (κ3) is 4.85. The molecule has 7 nitrogen and oxygen atoms in total. The minimum atomic E-state index is -0.302. The van der Waals surface area contributed by atoms with Crippen LogP contribution in [0.1, 0.15) is 38.2 Å². The predicted molar refractivity (Wildman–Crippen MR) is 108 cm³/mol. The Morgan fingerprint density at radius 2 is 2.24 bits per heavy atom. The van der Waals surface area contributed by atoms with E-state index < -0.39 is 0 Å². The summed E-state index contributed by atoms with van der Waals surface area (Å²) in [6, 6.07) is 5.54. The molecule has 3 fully saturated rings. The molecule has 0 unspecified atom stereocenters. The van der Waals surface area contributed by atoms with Gasteiger partial charge in [-0.05, 0) is 43.9 Å². The van der Waals surface area contributed by atoms with E-state index in [0.29, 0.717) is 38.5 Å². The Hall–Kier alpha value is -1.83. The number of ether oxygens (including phenoxy) is 3. The minimum absolute atomic E-state index is 0.0961. The summed E-state index contributed by atoms with van der Waals surface area (Å²) in [5.41, 5.74) is 0.796. The van der Waals surface area contributed by atoms with Gasteiger partial charge in [0.15, 0.2) is 11.5 Å². The Balaban J connectivity index is 1.39. The predicted octanol–water partition coefficient (Wildman–Crippen LogP) is 2.16. The fourth-order valence-corrected chi connectivity index (χ4v) is 4.69. The van der Waals surface area contributed by atoms with Crippen molar-refractivity contribution in [3.05, 3.63) is 23.8 Å². The van der Waals surface area contributed by atoms with Gasteiger partial charge in [0.1, 0.15) is 5.60 Å². The van der Waals surface area contributed by atoms with E-state index in [-0.39, 0.29) is 23.4 Å². The van der Waals surface area contributed by atoms with Crippen LogP contribution < -0.4 is 4.74 Å². The van der Waals surface area contributed by atoms with E-state index >= 15 is 0 Å². The average molecular weight is 405 g/mol. The Morgan fingerprint density at radius 3 is 3.03 bits per heavy atom. The van der Waals surface area contributed by atoms with Crippen molar-refractivity contribution in [1.29, 1.82) is 0 Å². The van der Waals surface area contributed by atoms with Gasteiger partial charge >= 0.3 is 0 Å². The number of phenolic OH excluding ortho intramolecular Hbond substituents is 1. The monoisotopic (exact) mass is 404 g/mol. The zero-order valence-electron chi connectivity index (χ0n) is 17.3. The number of benzene rings is 1. The fourth-order valence-electron chi connectivity index (χ4n) is 4.69. The van der Waals surface area contributed by atoms with Crippen LogP contribution in [0.25, 0.3) is 0 Å². The third-order valence-electron chi connectivity index (χ3n) is 6.09. The zero-order valence-corrected chi connectivity index (χ0v) is 17.3. The second-order valence-electron chi connectivity index (χ2n) is 8.40. The summed E-state index contributed by atoms with van der Waals surface area (Å²) in [7, 11) is 0. The molecule has 0 radical (unpaired) electrons. The van der Waals surface area contributed by atoms with E-state index in [1.807, 2.05) is 24.0 Å². The SMILES string of the molecule is CCOc1cc(CN2CCOC[C@@]3(CC[C@H](CN4CCCC4=O)O3)C2)ccc1O. The first kappa shape index (κ1) is 20.4. The largest absolute Gasteiger partial charge is 0.504 e. The lowest BCUT2D eigenvalue weighted by Crippen LogP contribution is -2.45. The first-order valence-electron chi connectivity index (χ1n) is 10.8. The van der Waals surface area contributed by atoms with Gasteiger partial charge in [-0.2, -0.15) is 0 Å². The number of carbonyl (C=O) groups is 1. The number of carbonyl (C=O) groups excluding carboxylic acids is 1. The molecule has 1 aromatic carbocycles. The van der Waals surface area contributed by atoms with Crippen LogP contribution in [-0.2, 0) is 20.8 Å². The lowest BCUT2D eigenvalue weighted by molar-refractivity contribution is -0.132. The Kier molecular flexibility index (Phi) is 6.27. The Labute approximate surface area is 172 Å². The molecule has 0 aromatic heterocycles. The van der Waals surface area contributed by atoms with Crippen LogP contribution in [0.2, 0.25) is 0 Å². The highest BCUT2D eigenvalue weighted by Gasteiger charge is 2.44.